The number of anilines is 1. The highest BCUT2D eigenvalue weighted by Crippen LogP contribution is 2.26. The lowest BCUT2D eigenvalue weighted by molar-refractivity contribution is -0.383. The van der Waals surface area contributed by atoms with E-state index < -0.39 is 33.4 Å². The van der Waals surface area contributed by atoms with E-state index in [1.165, 1.54) is 40.7 Å². The largest absolute Gasteiger partial charge is 0.455 e. The molecule has 0 aliphatic carbocycles. The predicted octanol–water partition coefficient (Wildman–Crippen LogP) is 1.40. The van der Waals surface area contributed by atoms with Gasteiger partial charge in [-0.2, -0.15) is 4.31 Å². The number of sulfonamides is 1. The fourth-order valence-corrected chi connectivity index (χ4v) is 5.67. The van der Waals surface area contributed by atoms with E-state index in [2.05, 4.69) is 5.32 Å². The number of hydrogen-bond acceptors (Lipinski definition) is 9. The first-order chi connectivity index (χ1) is 14.8. The van der Waals surface area contributed by atoms with Crippen LogP contribution in [0.1, 0.15) is 4.88 Å². The van der Waals surface area contributed by atoms with Crippen molar-refractivity contribution in [2.75, 3.05) is 38.2 Å². The van der Waals surface area contributed by atoms with Crippen LogP contribution in [0, 0.1) is 10.1 Å². The van der Waals surface area contributed by atoms with Gasteiger partial charge in [-0.05, 0) is 18.2 Å². The van der Waals surface area contributed by atoms with Gasteiger partial charge in [-0.1, -0.05) is 12.1 Å². The molecule has 0 spiro atoms. The molecule has 13 heteroatoms. The predicted molar refractivity (Wildman–Crippen MR) is 110 cm³/mol. The molecule has 1 amide bonds. The van der Waals surface area contributed by atoms with Crippen LogP contribution >= 0.6 is 11.3 Å². The summed E-state index contributed by atoms with van der Waals surface area (Å²) in [5.74, 6) is -1.46. The van der Waals surface area contributed by atoms with Gasteiger partial charge in [0.1, 0.15) is 9.90 Å². The summed E-state index contributed by atoms with van der Waals surface area (Å²) < 4.78 is 36.7. The van der Waals surface area contributed by atoms with E-state index in [4.69, 9.17) is 9.47 Å². The minimum absolute atomic E-state index is 0.00948. The van der Waals surface area contributed by atoms with Gasteiger partial charge in [0.15, 0.2) is 6.61 Å². The molecular weight excluding hydrogens is 450 g/mol. The Kier molecular flexibility index (Phi) is 7.33. The lowest BCUT2D eigenvalue weighted by atomic mass is 10.2. The number of nitrogens with one attached hydrogen (secondary N) is 1. The molecule has 0 unspecified atom stereocenters. The number of hydrogen-bond donors (Lipinski definition) is 1. The van der Waals surface area contributed by atoms with Crippen LogP contribution in [0.25, 0.3) is 0 Å². The maximum atomic E-state index is 12.6. The Bertz CT molecular complexity index is 1080. The Morgan fingerprint density at radius 1 is 1.19 bits per heavy atom. The molecule has 1 aliphatic rings. The lowest BCUT2D eigenvalue weighted by Crippen LogP contribution is -2.40. The van der Waals surface area contributed by atoms with Crippen molar-refractivity contribution in [1.82, 2.24) is 4.31 Å². The third-order valence-electron chi connectivity index (χ3n) is 4.26. The Labute approximate surface area is 181 Å². The van der Waals surface area contributed by atoms with Crippen LogP contribution in [-0.4, -0.2) is 62.4 Å². The van der Waals surface area contributed by atoms with Gasteiger partial charge in [0.2, 0.25) is 0 Å². The molecule has 2 heterocycles. The highest BCUT2D eigenvalue weighted by molar-refractivity contribution is 7.91. The van der Waals surface area contributed by atoms with E-state index in [1.807, 2.05) is 0 Å². The second-order valence-electron chi connectivity index (χ2n) is 6.40. The van der Waals surface area contributed by atoms with Crippen LogP contribution in [0.3, 0.4) is 0 Å². The number of ether oxygens (including phenoxy) is 2. The maximum absolute atomic E-state index is 12.6. The number of morpholine rings is 1. The normalized spacial score (nSPS) is 14.7. The second-order valence-corrected chi connectivity index (χ2v) is 9.73. The van der Waals surface area contributed by atoms with Crippen LogP contribution in [0.2, 0.25) is 0 Å². The maximum Gasteiger partial charge on any atom is 0.311 e. The highest BCUT2D eigenvalue weighted by atomic mass is 32.2. The number of rotatable bonds is 8. The fourth-order valence-electron chi connectivity index (χ4n) is 2.77. The molecule has 1 aliphatic heterocycles. The molecule has 1 aromatic heterocycles. The highest BCUT2D eigenvalue weighted by Gasteiger charge is 2.28. The van der Waals surface area contributed by atoms with Gasteiger partial charge >= 0.3 is 5.97 Å². The summed E-state index contributed by atoms with van der Waals surface area (Å²) in [6.45, 7) is 0.573. The van der Waals surface area contributed by atoms with Gasteiger partial charge in [0.05, 0.1) is 24.6 Å². The summed E-state index contributed by atoms with van der Waals surface area (Å²) >= 11 is 0.957. The number of benzene rings is 1. The quantitative estimate of drug-likeness (QED) is 0.347. The average molecular weight is 469 g/mol. The molecule has 1 fully saturated rings. The third-order valence-corrected chi connectivity index (χ3v) is 7.71. The van der Waals surface area contributed by atoms with Gasteiger partial charge < -0.3 is 14.8 Å². The van der Waals surface area contributed by atoms with Gasteiger partial charge in [0.25, 0.3) is 21.6 Å². The minimum atomic E-state index is -3.65. The van der Waals surface area contributed by atoms with Crippen molar-refractivity contribution in [3.8, 4) is 0 Å². The Hall–Kier alpha value is -2.87. The van der Waals surface area contributed by atoms with Crippen LogP contribution in [-0.2, 0) is 35.5 Å². The first-order valence-electron chi connectivity index (χ1n) is 9.13. The SMILES string of the molecule is O=C(COC(=O)Cc1ccc(S(=O)(=O)N2CCOCC2)s1)Nc1ccccc1[N+](=O)[O-]. The van der Waals surface area contributed by atoms with Crippen molar-refractivity contribution in [2.24, 2.45) is 0 Å². The Morgan fingerprint density at radius 3 is 2.61 bits per heavy atom. The Balaban J connectivity index is 1.52. The molecule has 1 N–H and O–H groups in total. The number of nitro groups is 1. The number of nitro benzene ring substituents is 1. The third kappa shape index (κ3) is 5.85. The van der Waals surface area contributed by atoms with E-state index in [9.17, 15) is 28.1 Å². The van der Waals surface area contributed by atoms with Crippen LogP contribution < -0.4 is 5.32 Å². The number of esters is 1. The van der Waals surface area contributed by atoms with E-state index in [-0.39, 0.29) is 35.1 Å². The Morgan fingerprint density at radius 2 is 1.90 bits per heavy atom. The van der Waals surface area contributed by atoms with Crippen molar-refractivity contribution >= 4 is 44.6 Å². The standard InChI is InChI=1S/C18H19N3O8S2/c22-16(19-14-3-1-2-4-15(14)21(24)25)12-29-17(23)11-13-5-6-18(30-13)31(26,27)20-7-9-28-10-8-20/h1-6H,7-12H2,(H,19,22). The number of para-hydroxylation sites is 2. The number of thiophene rings is 1. The summed E-state index contributed by atoms with van der Waals surface area (Å²) in [4.78, 5) is 34.8. The van der Waals surface area contributed by atoms with Crippen molar-refractivity contribution in [2.45, 2.75) is 10.6 Å². The van der Waals surface area contributed by atoms with Crippen molar-refractivity contribution in [1.29, 1.82) is 0 Å². The van der Waals surface area contributed by atoms with Crippen molar-refractivity contribution in [3.05, 3.63) is 51.4 Å². The zero-order valence-electron chi connectivity index (χ0n) is 16.2. The number of nitrogens with zero attached hydrogens (tertiary/aromatic N) is 2. The summed E-state index contributed by atoms with van der Waals surface area (Å²) in [6.07, 6.45) is -0.206. The molecule has 1 saturated heterocycles. The average Bonchev–Trinajstić information content (AvgIpc) is 3.22. The van der Waals surface area contributed by atoms with E-state index in [0.29, 0.717) is 18.1 Å². The van der Waals surface area contributed by atoms with Crippen molar-refractivity contribution < 1.29 is 32.4 Å². The zero-order valence-corrected chi connectivity index (χ0v) is 17.8. The molecule has 3 rings (SSSR count). The minimum Gasteiger partial charge on any atom is -0.455 e. The smallest absolute Gasteiger partial charge is 0.311 e. The van der Waals surface area contributed by atoms with E-state index in [1.54, 1.807) is 0 Å². The van der Waals surface area contributed by atoms with Gasteiger partial charge in [-0.15, -0.1) is 11.3 Å². The summed E-state index contributed by atoms with van der Waals surface area (Å²) in [7, 11) is -3.65. The van der Waals surface area contributed by atoms with E-state index in [0.717, 1.165) is 11.3 Å². The van der Waals surface area contributed by atoms with Crippen LogP contribution in [0.5, 0.6) is 0 Å². The van der Waals surface area contributed by atoms with Crippen LogP contribution in [0.15, 0.2) is 40.6 Å². The summed E-state index contributed by atoms with van der Waals surface area (Å²) in [6, 6.07) is 8.53. The molecule has 0 bridgehead atoms. The molecule has 31 heavy (non-hydrogen) atoms. The summed E-state index contributed by atoms with van der Waals surface area (Å²) in [5.41, 5.74) is -0.292. The fraction of sp³-hybridized carbons (Fsp3) is 0.333. The molecule has 166 valence electrons. The monoisotopic (exact) mass is 469 g/mol. The molecule has 11 nitrogen and oxygen atoms in total. The molecule has 0 radical (unpaired) electrons. The first kappa shape index (κ1) is 22.8. The topological polar surface area (TPSA) is 145 Å². The van der Waals surface area contributed by atoms with Gasteiger partial charge in [0, 0.05) is 24.0 Å². The molecular formula is C18H19N3O8S2. The van der Waals surface area contributed by atoms with Gasteiger partial charge in [-0.3, -0.25) is 19.7 Å². The van der Waals surface area contributed by atoms with Gasteiger partial charge in [-0.25, -0.2) is 8.42 Å². The number of amides is 1. The summed E-state index contributed by atoms with van der Waals surface area (Å²) in [5, 5.41) is 13.3. The lowest BCUT2D eigenvalue weighted by Gasteiger charge is -2.25. The molecule has 2 aromatic rings. The van der Waals surface area contributed by atoms with Crippen molar-refractivity contribution in [3.63, 3.8) is 0 Å². The van der Waals surface area contributed by atoms with Crippen LogP contribution in [0.4, 0.5) is 11.4 Å². The number of carbonyl (C=O) groups is 2. The molecule has 0 atom stereocenters. The second kappa shape index (κ2) is 9.96. The first-order valence-corrected chi connectivity index (χ1v) is 11.4. The molecule has 0 saturated carbocycles. The zero-order chi connectivity index (χ0) is 22.4. The molecule has 1 aromatic carbocycles. The van der Waals surface area contributed by atoms with E-state index >= 15 is 0 Å². The number of carbonyl (C=O) groups excluding carboxylic acids is 2.